The molecule has 1 fully saturated rings. The summed E-state index contributed by atoms with van der Waals surface area (Å²) in [6.45, 7) is 2.85. The van der Waals surface area contributed by atoms with Crippen molar-refractivity contribution < 1.29 is 14.1 Å². The number of carbonyl (C=O) groups is 2. The number of pyridine rings is 1. The van der Waals surface area contributed by atoms with Crippen molar-refractivity contribution >= 4 is 17.4 Å². The van der Waals surface area contributed by atoms with Crippen LogP contribution in [0, 0.1) is 4.91 Å². The van der Waals surface area contributed by atoms with Gasteiger partial charge in [0.15, 0.2) is 6.67 Å². The van der Waals surface area contributed by atoms with Gasteiger partial charge in [-0.05, 0) is 17.0 Å². The van der Waals surface area contributed by atoms with Gasteiger partial charge < -0.3 is 10.2 Å². The zero-order chi connectivity index (χ0) is 18.1. The molecule has 0 amide bonds. The summed E-state index contributed by atoms with van der Waals surface area (Å²) in [7, 11) is 0. The van der Waals surface area contributed by atoms with Crippen molar-refractivity contribution in [3.63, 3.8) is 0 Å². The highest BCUT2D eigenvalue weighted by Crippen LogP contribution is 2.24. The van der Waals surface area contributed by atoms with Gasteiger partial charge in [-0.2, -0.15) is 0 Å². The van der Waals surface area contributed by atoms with E-state index in [0.717, 1.165) is 18.9 Å². The molecule has 2 aromatic rings. The summed E-state index contributed by atoms with van der Waals surface area (Å²) in [5, 5.41) is 8.75. The second-order valence-electron chi connectivity index (χ2n) is 6.03. The summed E-state index contributed by atoms with van der Waals surface area (Å²) >= 11 is 0. The number of rotatable bonds is 7. The molecule has 134 valence electrons. The number of carbonyl (C=O) groups excluding carboxylic acids is 2. The normalized spacial score (nSPS) is 15.7. The Morgan fingerprint density at radius 2 is 2.08 bits per heavy atom. The van der Waals surface area contributed by atoms with E-state index in [1.807, 2.05) is 18.2 Å². The summed E-state index contributed by atoms with van der Waals surface area (Å²) in [5.41, 5.74) is 0.236. The lowest BCUT2D eigenvalue weighted by Crippen LogP contribution is -2.31. The molecule has 0 radical (unpaired) electrons. The van der Waals surface area contributed by atoms with Crippen LogP contribution in [0.2, 0.25) is 0 Å². The highest BCUT2D eigenvalue weighted by atomic mass is 16.3. The highest BCUT2D eigenvalue weighted by molar-refractivity contribution is 6.22. The summed E-state index contributed by atoms with van der Waals surface area (Å²) in [6, 6.07) is 5.59. The molecule has 3 heterocycles. The first-order valence-corrected chi connectivity index (χ1v) is 8.32. The van der Waals surface area contributed by atoms with E-state index in [-0.39, 0.29) is 23.8 Å². The molecule has 10 nitrogen and oxygen atoms in total. The minimum atomic E-state index is -0.418. The van der Waals surface area contributed by atoms with Crippen molar-refractivity contribution in [2.75, 3.05) is 31.5 Å². The first-order valence-electron chi connectivity index (χ1n) is 8.32. The molecule has 2 aliphatic rings. The predicted molar refractivity (Wildman–Crippen MR) is 91.2 cm³/mol. The topological polar surface area (TPSA) is 118 Å². The minimum Gasteiger partial charge on any atom is -0.369 e. The number of hydrogen-bond acceptors (Lipinski definition) is 7. The Hall–Kier alpha value is -3.27. The maximum absolute atomic E-state index is 12.5. The van der Waals surface area contributed by atoms with Gasteiger partial charge in [0.1, 0.15) is 5.82 Å². The number of fused-ring (bicyclic) bond motifs is 1. The van der Waals surface area contributed by atoms with E-state index in [0.29, 0.717) is 23.3 Å². The molecule has 2 aromatic heterocycles. The molecule has 0 bridgehead atoms. The number of hydrogen-bond donors (Lipinski definition) is 3. The van der Waals surface area contributed by atoms with Crippen molar-refractivity contribution in [2.24, 2.45) is 0 Å². The van der Waals surface area contributed by atoms with Crippen molar-refractivity contribution in [2.45, 2.75) is 6.67 Å². The second-order valence-corrected chi connectivity index (χ2v) is 6.03. The second kappa shape index (κ2) is 6.56. The van der Waals surface area contributed by atoms with Gasteiger partial charge in [0, 0.05) is 38.5 Å². The van der Waals surface area contributed by atoms with Crippen molar-refractivity contribution in [1.82, 2.24) is 25.1 Å². The van der Waals surface area contributed by atoms with Crippen LogP contribution in [-0.2, 0) is 6.67 Å². The Morgan fingerprint density at radius 3 is 2.81 bits per heavy atom. The Bertz CT molecular complexity index is 940. The minimum absolute atomic E-state index is 0.0841. The number of nitrogens with one attached hydrogen (secondary N) is 3. The lowest BCUT2D eigenvalue weighted by Gasteiger charge is -2.09. The Kier molecular flexibility index (Phi) is 4.09. The monoisotopic (exact) mass is 356 g/mol. The molecule has 3 N–H and O–H groups in total. The van der Waals surface area contributed by atoms with Crippen LogP contribution in [0.4, 0.5) is 5.82 Å². The molecule has 0 spiro atoms. The van der Waals surface area contributed by atoms with Crippen molar-refractivity contribution in [3.8, 4) is 0 Å². The molecule has 0 unspecified atom stereocenters. The summed E-state index contributed by atoms with van der Waals surface area (Å²) in [5.74, 6) is 0.00445. The summed E-state index contributed by atoms with van der Waals surface area (Å²) < 4.78 is 1.72. The van der Waals surface area contributed by atoms with E-state index in [1.165, 1.54) is 10.8 Å². The van der Waals surface area contributed by atoms with Crippen molar-refractivity contribution in [3.05, 3.63) is 52.5 Å². The van der Waals surface area contributed by atoms with Gasteiger partial charge in [-0.3, -0.25) is 14.9 Å². The van der Waals surface area contributed by atoms with Gasteiger partial charge in [0.05, 0.1) is 10.2 Å². The van der Waals surface area contributed by atoms with Gasteiger partial charge in [0.25, 0.3) is 11.5 Å². The fourth-order valence-electron chi connectivity index (χ4n) is 2.84. The van der Waals surface area contributed by atoms with Crippen LogP contribution in [0.15, 0.2) is 36.2 Å². The molecule has 0 aromatic carbocycles. The maximum atomic E-state index is 12.5. The molecule has 0 atom stereocenters. The molecule has 1 aliphatic heterocycles. The standard InChI is InChI=1S/C16H18N7O3/c24-12-9-11(21-7-8-21)16(25)15-14(12)22(20-23(15)26)10-17-5-6-19-13-3-1-2-4-18-13/h1-4,9,17H,5-8,10H2,(H,18,19)(H,20,26)/q+1. The number of aromatic nitrogens is 4. The summed E-state index contributed by atoms with van der Waals surface area (Å²) in [6.07, 6.45) is 3.01. The van der Waals surface area contributed by atoms with Crippen LogP contribution in [0.5, 0.6) is 0 Å². The number of nitrogens with zero attached hydrogens (tertiary/aromatic N) is 4. The number of aromatic amines is 1. The third kappa shape index (κ3) is 3.02. The molecule has 1 aliphatic carbocycles. The average Bonchev–Trinajstić information content (AvgIpc) is 3.42. The van der Waals surface area contributed by atoms with Crippen LogP contribution in [0.1, 0.15) is 21.0 Å². The van der Waals surface area contributed by atoms with E-state index >= 15 is 0 Å². The van der Waals surface area contributed by atoms with Crippen molar-refractivity contribution in [1.29, 1.82) is 0 Å². The van der Waals surface area contributed by atoms with Gasteiger partial charge in [-0.15, -0.1) is 4.68 Å². The Labute approximate surface area is 148 Å². The number of Topliss-reactive ketones (excluding diaryl/α,β-unsaturated/α-hetero) is 1. The number of allylic oxidation sites excluding steroid dienone is 2. The quantitative estimate of drug-likeness (QED) is 0.343. The molecule has 10 heteroatoms. The zero-order valence-corrected chi connectivity index (χ0v) is 13.9. The molecular weight excluding hydrogens is 338 g/mol. The lowest BCUT2D eigenvalue weighted by atomic mass is 10.0. The summed E-state index contributed by atoms with van der Waals surface area (Å²) in [4.78, 5) is 42.8. The number of ketones is 2. The molecule has 4 rings (SSSR count). The molecule has 26 heavy (non-hydrogen) atoms. The molecule has 1 saturated heterocycles. The van der Waals surface area contributed by atoms with Crippen LogP contribution < -0.4 is 15.2 Å². The number of anilines is 1. The van der Waals surface area contributed by atoms with Crippen LogP contribution in [0.25, 0.3) is 0 Å². The molecular formula is C16H18N7O3+. The lowest BCUT2D eigenvalue weighted by molar-refractivity contribution is -0.569. The van der Waals surface area contributed by atoms with Gasteiger partial charge in [0.2, 0.25) is 5.78 Å². The van der Waals surface area contributed by atoms with Crippen LogP contribution >= 0.6 is 0 Å². The largest absolute Gasteiger partial charge is 0.369 e. The predicted octanol–water partition coefficient (Wildman–Crippen LogP) is -0.637. The van der Waals surface area contributed by atoms with E-state index < -0.39 is 5.78 Å². The van der Waals surface area contributed by atoms with Crippen LogP contribution in [0.3, 0.4) is 0 Å². The smallest absolute Gasteiger partial charge is 0.302 e. The van der Waals surface area contributed by atoms with E-state index in [2.05, 4.69) is 20.8 Å². The van der Waals surface area contributed by atoms with Gasteiger partial charge >= 0.3 is 5.69 Å². The van der Waals surface area contributed by atoms with E-state index in [4.69, 9.17) is 0 Å². The number of H-pyrrole nitrogens is 1. The average molecular weight is 356 g/mol. The SMILES string of the molecule is O=C1C=C(N2CC2)C(=O)c2c1n(CNCCNc1ccccn1)[nH][n+]2=O. The Balaban J connectivity index is 1.40. The Morgan fingerprint density at radius 1 is 1.23 bits per heavy atom. The van der Waals surface area contributed by atoms with E-state index in [9.17, 15) is 14.5 Å². The maximum Gasteiger partial charge on any atom is 0.302 e. The zero-order valence-electron chi connectivity index (χ0n) is 13.9. The van der Waals surface area contributed by atoms with Gasteiger partial charge in [-0.1, -0.05) is 11.3 Å². The fourth-order valence-corrected chi connectivity index (χ4v) is 2.84. The van der Waals surface area contributed by atoms with Gasteiger partial charge in [-0.25, -0.2) is 4.98 Å². The first kappa shape index (κ1) is 16.2. The fraction of sp³-hybridized carbons (Fsp3) is 0.312. The molecule has 0 saturated carbocycles. The van der Waals surface area contributed by atoms with Crippen LogP contribution in [-0.4, -0.2) is 57.5 Å². The third-order valence-corrected chi connectivity index (χ3v) is 4.19. The third-order valence-electron chi connectivity index (χ3n) is 4.19. The van der Waals surface area contributed by atoms with E-state index in [1.54, 1.807) is 11.1 Å². The first-order chi connectivity index (χ1) is 12.6. The highest BCUT2D eigenvalue weighted by Gasteiger charge is 2.42.